The Morgan fingerprint density at radius 2 is 1.85 bits per heavy atom. The summed E-state index contributed by atoms with van der Waals surface area (Å²) in [5.41, 5.74) is 2.51. The monoisotopic (exact) mass is 498 g/mol. The number of rotatable bonds is 6. The topological polar surface area (TPSA) is 55.1 Å². The Bertz CT molecular complexity index is 1500. The van der Waals surface area contributed by atoms with Crippen LogP contribution in [-0.4, -0.2) is 20.9 Å². The van der Waals surface area contributed by atoms with E-state index in [1.807, 2.05) is 41.9 Å². The molecule has 0 aliphatic heterocycles. The number of aromatic nitrogens is 2. The van der Waals surface area contributed by atoms with E-state index in [1.165, 1.54) is 23.5 Å². The number of alkyl halides is 3. The van der Waals surface area contributed by atoms with Gasteiger partial charge in [-0.2, -0.15) is 18.3 Å². The molecule has 0 saturated carbocycles. The van der Waals surface area contributed by atoms with Gasteiger partial charge in [-0.05, 0) is 58.3 Å². The van der Waals surface area contributed by atoms with Crippen molar-refractivity contribution in [2.24, 2.45) is 0 Å². The Hall–Kier alpha value is -3.30. The van der Waals surface area contributed by atoms with Crippen LogP contribution in [0.4, 0.5) is 13.2 Å². The van der Waals surface area contributed by atoms with Gasteiger partial charge in [-0.3, -0.25) is 4.79 Å². The van der Waals surface area contributed by atoms with Crippen molar-refractivity contribution >= 4 is 50.1 Å². The van der Waals surface area contributed by atoms with Crippen molar-refractivity contribution in [3.8, 4) is 5.69 Å². The van der Waals surface area contributed by atoms with Gasteiger partial charge in [0.1, 0.15) is 0 Å². The summed E-state index contributed by atoms with van der Waals surface area (Å²) in [5.74, 6) is -0.178. The first kappa shape index (κ1) is 22.5. The molecule has 0 fully saturated rings. The highest BCUT2D eigenvalue weighted by atomic mass is 32.2. The van der Waals surface area contributed by atoms with Crippen LogP contribution in [0, 0.1) is 0 Å². The molecule has 0 radical (unpaired) electrons. The van der Waals surface area contributed by atoms with E-state index in [1.54, 1.807) is 16.4 Å². The molecule has 0 bridgehead atoms. The van der Waals surface area contributed by atoms with Crippen molar-refractivity contribution in [2.45, 2.75) is 23.2 Å². The number of aliphatic carboxylic acids is 1. The third-order valence-electron chi connectivity index (χ3n) is 5.44. The molecule has 0 atom stereocenters. The summed E-state index contributed by atoms with van der Waals surface area (Å²) in [4.78, 5) is 12.1. The minimum Gasteiger partial charge on any atom is -0.481 e. The van der Waals surface area contributed by atoms with Gasteiger partial charge >= 0.3 is 12.1 Å². The average molecular weight is 499 g/mol. The minimum atomic E-state index is -4.37. The number of carboxylic acid groups (broad SMARTS) is 1. The second-order valence-electron chi connectivity index (χ2n) is 7.75. The molecule has 0 aliphatic carbocycles. The number of halogens is 3. The molecule has 9 heteroatoms. The van der Waals surface area contributed by atoms with Gasteiger partial charge in [0.15, 0.2) is 0 Å². The van der Waals surface area contributed by atoms with Gasteiger partial charge in [-0.1, -0.05) is 24.3 Å². The van der Waals surface area contributed by atoms with Gasteiger partial charge in [0.25, 0.3) is 0 Å². The maximum absolute atomic E-state index is 12.9. The van der Waals surface area contributed by atoms with E-state index in [0.29, 0.717) is 11.4 Å². The van der Waals surface area contributed by atoms with E-state index < -0.39 is 17.7 Å². The quantitative estimate of drug-likeness (QED) is 0.252. The Morgan fingerprint density at radius 1 is 1.06 bits per heavy atom. The lowest BCUT2D eigenvalue weighted by Crippen LogP contribution is -2.05. The lowest BCUT2D eigenvalue weighted by atomic mass is 10.1. The molecule has 0 saturated heterocycles. The highest BCUT2D eigenvalue weighted by Crippen LogP contribution is 2.34. The molecule has 172 valence electrons. The van der Waals surface area contributed by atoms with E-state index in [0.717, 1.165) is 49.1 Å². The van der Waals surface area contributed by atoms with Gasteiger partial charge in [0.2, 0.25) is 0 Å². The van der Waals surface area contributed by atoms with E-state index >= 15 is 0 Å². The summed E-state index contributed by atoms with van der Waals surface area (Å²) in [5, 5.41) is 17.5. The van der Waals surface area contributed by atoms with Crippen molar-refractivity contribution in [3.63, 3.8) is 0 Å². The average Bonchev–Trinajstić information content (AvgIpc) is 3.41. The van der Waals surface area contributed by atoms with Crippen LogP contribution < -0.4 is 0 Å². The first-order chi connectivity index (χ1) is 16.3. The number of hydrogen-bond acceptors (Lipinski definition) is 4. The van der Waals surface area contributed by atoms with E-state index in [4.69, 9.17) is 5.11 Å². The lowest BCUT2D eigenvalue weighted by Gasteiger charge is -2.07. The van der Waals surface area contributed by atoms with Crippen LogP contribution in [0.1, 0.15) is 16.7 Å². The van der Waals surface area contributed by atoms with E-state index in [2.05, 4.69) is 11.2 Å². The molecule has 3 aromatic carbocycles. The molecule has 0 unspecified atom stereocenters. The molecule has 5 rings (SSSR count). The molecule has 0 aliphatic rings. The number of thiophene rings is 1. The van der Waals surface area contributed by atoms with Crippen LogP contribution in [0.3, 0.4) is 0 Å². The highest BCUT2D eigenvalue weighted by molar-refractivity contribution is 7.98. The fourth-order valence-electron chi connectivity index (χ4n) is 3.77. The maximum Gasteiger partial charge on any atom is 0.416 e. The SMILES string of the molecule is O=C(O)Cc1csc2cc(SCc3cccc4cn(-c5ccc(C(F)(F)F)cc5)nc34)ccc12. The van der Waals surface area contributed by atoms with Crippen LogP contribution in [-0.2, 0) is 23.1 Å². The van der Waals surface area contributed by atoms with Crippen LogP contribution in [0.5, 0.6) is 0 Å². The summed E-state index contributed by atoms with van der Waals surface area (Å²) < 4.78 is 41.2. The largest absolute Gasteiger partial charge is 0.481 e. The number of carbonyl (C=O) groups is 1. The maximum atomic E-state index is 12.9. The van der Waals surface area contributed by atoms with Crippen molar-refractivity contribution in [1.82, 2.24) is 9.78 Å². The molecule has 1 N–H and O–H groups in total. The molecular weight excluding hydrogens is 481 g/mol. The number of fused-ring (bicyclic) bond motifs is 2. The standard InChI is InChI=1S/C25H17F3N2O2S2/c26-25(27,28)18-4-6-19(7-5-18)30-12-15-2-1-3-16(24(15)29-30)13-33-20-8-9-21-17(10-23(31)32)14-34-22(21)11-20/h1-9,11-12,14H,10,13H2,(H,31,32). The van der Waals surface area contributed by atoms with Crippen molar-refractivity contribution in [2.75, 3.05) is 0 Å². The van der Waals surface area contributed by atoms with Crippen molar-refractivity contribution in [1.29, 1.82) is 0 Å². The van der Waals surface area contributed by atoms with E-state index in [9.17, 15) is 18.0 Å². The van der Waals surface area contributed by atoms with Crippen LogP contribution in [0.25, 0.3) is 26.7 Å². The summed E-state index contributed by atoms with van der Waals surface area (Å²) in [6, 6.07) is 16.8. The normalized spacial score (nSPS) is 12.0. The van der Waals surface area contributed by atoms with Gasteiger partial charge in [-0.15, -0.1) is 23.1 Å². The number of benzene rings is 3. The van der Waals surface area contributed by atoms with Crippen LogP contribution in [0.2, 0.25) is 0 Å². The third kappa shape index (κ3) is 4.53. The number of thioether (sulfide) groups is 1. The zero-order valence-corrected chi connectivity index (χ0v) is 19.2. The molecule has 34 heavy (non-hydrogen) atoms. The van der Waals surface area contributed by atoms with Crippen molar-refractivity contribution < 1.29 is 23.1 Å². The van der Waals surface area contributed by atoms with Gasteiger partial charge < -0.3 is 5.11 Å². The second kappa shape index (κ2) is 8.81. The predicted octanol–water partition coefficient (Wildman–Crippen LogP) is 7.18. The fourth-order valence-corrected chi connectivity index (χ4v) is 5.77. The summed E-state index contributed by atoms with van der Waals surface area (Å²) in [6.07, 6.45) is -2.55. The number of hydrogen-bond donors (Lipinski definition) is 1. The van der Waals surface area contributed by atoms with Gasteiger partial charge in [0, 0.05) is 26.9 Å². The summed E-state index contributed by atoms with van der Waals surface area (Å²) in [7, 11) is 0. The molecule has 0 spiro atoms. The molecule has 4 nitrogen and oxygen atoms in total. The molecule has 2 heterocycles. The van der Waals surface area contributed by atoms with Gasteiger partial charge in [0.05, 0.1) is 23.2 Å². The minimum absolute atomic E-state index is 0.01000. The van der Waals surface area contributed by atoms with E-state index in [-0.39, 0.29) is 6.42 Å². The highest BCUT2D eigenvalue weighted by Gasteiger charge is 2.30. The fraction of sp³-hybridized carbons (Fsp3) is 0.120. The molecule has 2 aromatic heterocycles. The smallest absolute Gasteiger partial charge is 0.416 e. The Labute approximate surface area is 200 Å². The zero-order valence-electron chi connectivity index (χ0n) is 17.5. The summed E-state index contributed by atoms with van der Waals surface area (Å²) in [6.45, 7) is 0. The predicted molar refractivity (Wildman–Crippen MR) is 129 cm³/mol. The number of nitrogens with zero attached hydrogens (tertiary/aromatic N) is 2. The third-order valence-corrected chi connectivity index (χ3v) is 7.48. The zero-order chi connectivity index (χ0) is 23.9. The first-order valence-electron chi connectivity index (χ1n) is 10.3. The first-order valence-corrected chi connectivity index (χ1v) is 12.1. The van der Waals surface area contributed by atoms with Crippen LogP contribution >= 0.6 is 23.1 Å². The molecule has 0 amide bonds. The Kier molecular flexibility index (Phi) is 5.83. The van der Waals surface area contributed by atoms with Crippen LogP contribution in [0.15, 0.2) is 77.1 Å². The Morgan fingerprint density at radius 3 is 2.59 bits per heavy atom. The summed E-state index contributed by atoms with van der Waals surface area (Å²) >= 11 is 3.19. The lowest BCUT2D eigenvalue weighted by molar-refractivity contribution is -0.138. The number of carboxylic acids is 1. The second-order valence-corrected chi connectivity index (χ2v) is 9.71. The Balaban J connectivity index is 1.37. The molecular formula is C25H17F3N2O2S2. The molecule has 5 aromatic rings. The van der Waals surface area contributed by atoms with Gasteiger partial charge in [-0.25, -0.2) is 4.68 Å². The van der Waals surface area contributed by atoms with Crippen molar-refractivity contribution in [3.05, 3.63) is 88.9 Å².